The third kappa shape index (κ3) is 3.19. The summed E-state index contributed by atoms with van der Waals surface area (Å²) in [6, 6.07) is 0. The molecule has 3 atom stereocenters. The van der Waals surface area contributed by atoms with Crippen LogP contribution in [-0.2, 0) is 9.53 Å². The highest BCUT2D eigenvalue weighted by Crippen LogP contribution is 2.23. The first-order valence-electron chi connectivity index (χ1n) is 5.96. The van der Waals surface area contributed by atoms with Gasteiger partial charge in [0.1, 0.15) is 5.54 Å². The molecule has 0 aromatic rings. The van der Waals surface area contributed by atoms with Crippen LogP contribution >= 0.6 is 0 Å². The van der Waals surface area contributed by atoms with E-state index >= 15 is 0 Å². The van der Waals surface area contributed by atoms with E-state index in [1.165, 1.54) is 13.5 Å². The standard InChI is InChI=1S/C12H24N2O2/c1-9-5-6-14(7-10(9)2)8-12(3,13)11(15)16-4/h9-10H,5-8,13H2,1-4H3. The summed E-state index contributed by atoms with van der Waals surface area (Å²) < 4.78 is 4.71. The summed E-state index contributed by atoms with van der Waals surface area (Å²) in [6.07, 6.45) is 1.18. The lowest BCUT2D eigenvalue weighted by atomic mass is 9.88. The molecule has 0 aliphatic carbocycles. The molecule has 1 aliphatic heterocycles. The van der Waals surface area contributed by atoms with Gasteiger partial charge in [-0.1, -0.05) is 13.8 Å². The van der Waals surface area contributed by atoms with E-state index in [2.05, 4.69) is 18.7 Å². The Morgan fingerprint density at radius 3 is 2.62 bits per heavy atom. The molecule has 16 heavy (non-hydrogen) atoms. The zero-order chi connectivity index (χ0) is 12.3. The maximum Gasteiger partial charge on any atom is 0.326 e. The number of carbonyl (C=O) groups excluding carboxylic acids is 1. The summed E-state index contributed by atoms with van der Waals surface area (Å²) in [5.74, 6) is 1.10. The molecule has 1 heterocycles. The molecule has 2 N–H and O–H groups in total. The second kappa shape index (κ2) is 5.15. The fourth-order valence-electron chi connectivity index (χ4n) is 2.26. The van der Waals surface area contributed by atoms with Gasteiger partial charge in [-0.3, -0.25) is 4.79 Å². The molecule has 0 spiro atoms. The number of ether oxygens (including phenoxy) is 1. The zero-order valence-electron chi connectivity index (χ0n) is 10.8. The molecule has 0 aromatic heterocycles. The molecular weight excluding hydrogens is 204 g/mol. The second-order valence-electron chi connectivity index (χ2n) is 5.39. The summed E-state index contributed by atoms with van der Waals surface area (Å²) in [5, 5.41) is 0. The van der Waals surface area contributed by atoms with Gasteiger partial charge >= 0.3 is 5.97 Å². The van der Waals surface area contributed by atoms with Crippen LogP contribution in [0.2, 0.25) is 0 Å². The van der Waals surface area contributed by atoms with Crippen molar-refractivity contribution in [2.45, 2.75) is 32.7 Å². The Morgan fingerprint density at radius 1 is 1.50 bits per heavy atom. The van der Waals surface area contributed by atoms with E-state index < -0.39 is 5.54 Å². The molecule has 0 aromatic carbocycles. The van der Waals surface area contributed by atoms with E-state index in [4.69, 9.17) is 10.5 Å². The van der Waals surface area contributed by atoms with Gasteiger partial charge < -0.3 is 15.4 Å². The third-order valence-corrected chi connectivity index (χ3v) is 3.62. The molecule has 94 valence electrons. The lowest BCUT2D eigenvalue weighted by Crippen LogP contribution is -2.56. The Kier molecular flexibility index (Phi) is 4.33. The monoisotopic (exact) mass is 228 g/mol. The highest BCUT2D eigenvalue weighted by Gasteiger charge is 2.34. The summed E-state index contributed by atoms with van der Waals surface area (Å²) >= 11 is 0. The molecule has 1 aliphatic rings. The van der Waals surface area contributed by atoms with Gasteiger partial charge in [0.2, 0.25) is 0 Å². The van der Waals surface area contributed by atoms with Gasteiger partial charge in [0.15, 0.2) is 0 Å². The minimum atomic E-state index is -0.894. The number of nitrogens with two attached hydrogens (primary N) is 1. The number of hydrogen-bond donors (Lipinski definition) is 1. The first kappa shape index (κ1) is 13.5. The van der Waals surface area contributed by atoms with Crippen molar-refractivity contribution in [1.29, 1.82) is 0 Å². The number of likely N-dealkylation sites (tertiary alicyclic amines) is 1. The van der Waals surface area contributed by atoms with Crippen LogP contribution in [-0.4, -0.2) is 43.2 Å². The van der Waals surface area contributed by atoms with Crippen LogP contribution in [0.15, 0.2) is 0 Å². The average Bonchev–Trinajstić information content (AvgIpc) is 2.22. The van der Waals surface area contributed by atoms with Gasteiger partial charge in [-0.2, -0.15) is 0 Å². The molecule has 4 nitrogen and oxygen atoms in total. The predicted molar refractivity (Wildman–Crippen MR) is 64.0 cm³/mol. The number of hydrogen-bond acceptors (Lipinski definition) is 4. The topological polar surface area (TPSA) is 55.6 Å². The molecule has 0 saturated carbocycles. The van der Waals surface area contributed by atoms with Crippen LogP contribution in [0.1, 0.15) is 27.2 Å². The van der Waals surface area contributed by atoms with Crippen molar-refractivity contribution in [1.82, 2.24) is 4.90 Å². The first-order valence-corrected chi connectivity index (χ1v) is 5.96. The van der Waals surface area contributed by atoms with Crippen LogP contribution in [0, 0.1) is 11.8 Å². The van der Waals surface area contributed by atoms with Gasteiger partial charge in [0.05, 0.1) is 7.11 Å². The van der Waals surface area contributed by atoms with E-state index in [1.54, 1.807) is 6.92 Å². The van der Waals surface area contributed by atoms with Crippen LogP contribution < -0.4 is 5.73 Å². The van der Waals surface area contributed by atoms with Gasteiger partial charge in [-0.05, 0) is 31.7 Å². The Labute approximate surface area is 98.1 Å². The summed E-state index contributed by atoms with van der Waals surface area (Å²) in [6.45, 7) is 8.89. The fourth-order valence-corrected chi connectivity index (χ4v) is 2.26. The quantitative estimate of drug-likeness (QED) is 0.728. The Balaban J connectivity index is 2.51. The second-order valence-corrected chi connectivity index (χ2v) is 5.39. The Morgan fingerprint density at radius 2 is 2.12 bits per heavy atom. The van der Waals surface area contributed by atoms with Gasteiger partial charge in [0, 0.05) is 13.1 Å². The average molecular weight is 228 g/mol. The van der Waals surface area contributed by atoms with Crippen molar-refractivity contribution >= 4 is 5.97 Å². The smallest absolute Gasteiger partial charge is 0.326 e. The van der Waals surface area contributed by atoms with E-state index in [1.807, 2.05) is 0 Å². The normalized spacial score (nSPS) is 30.8. The summed E-state index contributed by atoms with van der Waals surface area (Å²) in [4.78, 5) is 13.7. The maximum absolute atomic E-state index is 11.5. The minimum absolute atomic E-state index is 0.334. The molecule has 0 bridgehead atoms. The fraction of sp³-hybridized carbons (Fsp3) is 0.917. The lowest BCUT2D eigenvalue weighted by molar-refractivity contribution is -0.147. The molecule has 0 radical (unpaired) electrons. The lowest BCUT2D eigenvalue weighted by Gasteiger charge is -2.38. The van der Waals surface area contributed by atoms with Crippen LogP contribution in [0.5, 0.6) is 0 Å². The SMILES string of the molecule is COC(=O)C(C)(N)CN1CCC(C)C(C)C1. The van der Waals surface area contributed by atoms with Crippen LogP contribution in [0.4, 0.5) is 0 Å². The predicted octanol–water partition coefficient (Wildman–Crippen LogP) is 0.855. The van der Waals surface area contributed by atoms with Gasteiger partial charge in [-0.25, -0.2) is 0 Å². The largest absolute Gasteiger partial charge is 0.468 e. The maximum atomic E-state index is 11.5. The Bertz CT molecular complexity index is 253. The molecule has 0 amide bonds. The number of methoxy groups -OCH3 is 1. The van der Waals surface area contributed by atoms with Gasteiger partial charge in [-0.15, -0.1) is 0 Å². The Hall–Kier alpha value is -0.610. The van der Waals surface area contributed by atoms with Crippen molar-refractivity contribution in [2.24, 2.45) is 17.6 Å². The van der Waals surface area contributed by atoms with Crippen molar-refractivity contribution in [2.75, 3.05) is 26.7 Å². The highest BCUT2D eigenvalue weighted by atomic mass is 16.5. The third-order valence-electron chi connectivity index (χ3n) is 3.62. The van der Waals surface area contributed by atoms with E-state index in [-0.39, 0.29) is 5.97 Å². The number of esters is 1. The van der Waals surface area contributed by atoms with E-state index in [0.717, 1.165) is 19.0 Å². The molecular formula is C12H24N2O2. The number of nitrogens with zero attached hydrogens (tertiary/aromatic N) is 1. The van der Waals surface area contributed by atoms with Crippen LogP contribution in [0.3, 0.4) is 0 Å². The molecule has 1 rings (SSSR count). The number of carbonyl (C=O) groups is 1. The summed E-state index contributed by atoms with van der Waals surface area (Å²) in [7, 11) is 1.38. The highest BCUT2D eigenvalue weighted by molar-refractivity contribution is 5.80. The number of rotatable bonds is 3. The summed E-state index contributed by atoms with van der Waals surface area (Å²) in [5.41, 5.74) is 5.07. The van der Waals surface area contributed by atoms with E-state index in [9.17, 15) is 4.79 Å². The molecule has 1 fully saturated rings. The molecule has 4 heteroatoms. The van der Waals surface area contributed by atoms with Gasteiger partial charge in [0.25, 0.3) is 0 Å². The van der Waals surface area contributed by atoms with Crippen molar-refractivity contribution in [3.63, 3.8) is 0 Å². The van der Waals surface area contributed by atoms with Crippen molar-refractivity contribution < 1.29 is 9.53 Å². The van der Waals surface area contributed by atoms with Crippen LogP contribution in [0.25, 0.3) is 0 Å². The number of piperidine rings is 1. The van der Waals surface area contributed by atoms with Crippen molar-refractivity contribution in [3.05, 3.63) is 0 Å². The minimum Gasteiger partial charge on any atom is -0.468 e. The molecule has 3 unspecified atom stereocenters. The first-order chi connectivity index (χ1) is 7.36. The van der Waals surface area contributed by atoms with E-state index in [0.29, 0.717) is 12.5 Å². The zero-order valence-corrected chi connectivity index (χ0v) is 10.8. The van der Waals surface area contributed by atoms with Crippen molar-refractivity contribution in [3.8, 4) is 0 Å². The molecule has 1 saturated heterocycles.